The molecule has 5 nitrogen and oxygen atoms in total. The fourth-order valence-electron chi connectivity index (χ4n) is 1.84. The van der Waals surface area contributed by atoms with Gasteiger partial charge < -0.3 is 10.1 Å². The number of rotatable bonds is 6. The second-order valence-electron chi connectivity index (χ2n) is 4.24. The Morgan fingerprint density at radius 2 is 1.95 bits per heavy atom. The normalized spacial score (nSPS) is 10.1. The van der Waals surface area contributed by atoms with E-state index in [1.54, 1.807) is 6.07 Å². The van der Waals surface area contributed by atoms with Gasteiger partial charge in [0.05, 0.1) is 17.6 Å². The molecule has 1 N–H and O–H groups in total. The molecule has 2 rings (SSSR count). The first kappa shape index (κ1) is 13.9. The molecule has 0 spiro atoms. The minimum atomic E-state index is -0.420. The van der Waals surface area contributed by atoms with Crippen molar-refractivity contribution >= 4 is 11.4 Å². The second-order valence-corrected chi connectivity index (χ2v) is 4.24. The van der Waals surface area contributed by atoms with E-state index in [1.807, 2.05) is 37.3 Å². The molecule has 0 amide bonds. The zero-order valence-electron chi connectivity index (χ0n) is 11.2. The van der Waals surface area contributed by atoms with E-state index in [9.17, 15) is 10.1 Å². The molecule has 0 radical (unpaired) electrons. The fourth-order valence-corrected chi connectivity index (χ4v) is 1.84. The van der Waals surface area contributed by atoms with Crippen LogP contribution in [0.1, 0.15) is 12.5 Å². The standard InChI is InChI=1S/C15H16N2O3/c1-2-20-15-9-13(8-14(10-15)17(18)19)16-11-12-6-4-3-5-7-12/h3-10,16H,2,11H2,1H3. The summed E-state index contributed by atoms with van der Waals surface area (Å²) in [5.74, 6) is 0.497. The molecular weight excluding hydrogens is 256 g/mol. The van der Waals surface area contributed by atoms with Gasteiger partial charge in [-0.1, -0.05) is 30.3 Å². The van der Waals surface area contributed by atoms with Gasteiger partial charge in [0.25, 0.3) is 5.69 Å². The highest BCUT2D eigenvalue weighted by Crippen LogP contribution is 2.26. The summed E-state index contributed by atoms with van der Waals surface area (Å²) in [6, 6.07) is 14.5. The van der Waals surface area contributed by atoms with Gasteiger partial charge in [-0.25, -0.2) is 0 Å². The number of hydrogen-bond acceptors (Lipinski definition) is 4. The van der Waals surface area contributed by atoms with Crippen LogP contribution < -0.4 is 10.1 Å². The summed E-state index contributed by atoms with van der Waals surface area (Å²) >= 11 is 0. The monoisotopic (exact) mass is 272 g/mol. The van der Waals surface area contributed by atoms with Gasteiger partial charge >= 0.3 is 0 Å². The van der Waals surface area contributed by atoms with Crippen molar-refractivity contribution in [2.45, 2.75) is 13.5 Å². The lowest BCUT2D eigenvalue weighted by atomic mass is 10.2. The molecule has 0 aliphatic rings. The number of benzene rings is 2. The van der Waals surface area contributed by atoms with E-state index < -0.39 is 4.92 Å². The van der Waals surface area contributed by atoms with Gasteiger partial charge in [0, 0.05) is 24.4 Å². The van der Waals surface area contributed by atoms with Gasteiger partial charge in [-0.2, -0.15) is 0 Å². The second kappa shape index (κ2) is 6.56. The molecule has 0 saturated carbocycles. The molecular formula is C15H16N2O3. The molecule has 0 atom stereocenters. The number of anilines is 1. The summed E-state index contributed by atoms with van der Waals surface area (Å²) in [5.41, 5.74) is 1.80. The first-order valence-corrected chi connectivity index (χ1v) is 6.39. The van der Waals surface area contributed by atoms with Gasteiger partial charge in [-0.05, 0) is 12.5 Å². The highest BCUT2D eigenvalue weighted by Gasteiger charge is 2.10. The maximum atomic E-state index is 10.9. The van der Waals surface area contributed by atoms with Crippen LogP contribution in [0.3, 0.4) is 0 Å². The van der Waals surface area contributed by atoms with Crippen molar-refractivity contribution in [3.05, 3.63) is 64.2 Å². The number of nitro benzene ring substituents is 1. The van der Waals surface area contributed by atoms with E-state index in [1.165, 1.54) is 12.1 Å². The van der Waals surface area contributed by atoms with E-state index >= 15 is 0 Å². The molecule has 2 aromatic rings. The molecule has 0 heterocycles. The van der Waals surface area contributed by atoms with Crippen LogP contribution in [0.2, 0.25) is 0 Å². The molecule has 0 aromatic heterocycles. The SMILES string of the molecule is CCOc1cc(NCc2ccccc2)cc([N+](=O)[O-])c1. The largest absolute Gasteiger partial charge is 0.494 e. The van der Waals surface area contributed by atoms with Crippen molar-refractivity contribution in [2.75, 3.05) is 11.9 Å². The van der Waals surface area contributed by atoms with E-state index in [0.29, 0.717) is 24.6 Å². The number of hydrogen-bond donors (Lipinski definition) is 1. The Labute approximate surface area is 117 Å². The topological polar surface area (TPSA) is 64.4 Å². The third-order valence-corrected chi connectivity index (χ3v) is 2.75. The summed E-state index contributed by atoms with van der Waals surface area (Å²) in [7, 11) is 0. The van der Waals surface area contributed by atoms with Gasteiger partial charge in [0.2, 0.25) is 0 Å². The van der Waals surface area contributed by atoms with Crippen molar-refractivity contribution in [1.82, 2.24) is 0 Å². The molecule has 0 bridgehead atoms. The molecule has 0 aliphatic heterocycles. The van der Waals surface area contributed by atoms with Crippen LogP contribution in [-0.4, -0.2) is 11.5 Å². The number of nitrogens with zero attached hydrogens (tertiary/aromatic N) is 1. The van der Waals surface area contributed by atoms with Gasteiger partial charge in [0.1, 0.15) is 5.75 Å². The lowest BCUT2D eigenvalue weighted by Gasteiger charge is -2.09. The summed E-state index contributed by atoms with van der Waals surface area (Å²) in [6.45, 7) is 2.92. The predicted octanol–water partition coefficient (Wildman–Crippen LogP) is 3.61. The average molecular weight is 272 g/mol. The third-order valence-electron chi connectivity index (χ3n) is 2.75. The lowest BCUT2D eigenvalue weighted by Crippen LogP contribution is -2.01. The molecule has 0 fully saturated rings. The Balaban J connectivity index is 2.15. The molecule has 2 aromatic carbocycles. The van der Waals surface area contributed by atoms with Crippen LogP contribution in [0, 0.1) is 10.1 Å². The van der Waals surface area contributed by atoms with Crippen molar-refractivity contribution in [3.8, 4) is 5.75 Å². The van der Waals surface area contributed by atoms with Gasteiger partial charge in [-0.15, -0.1) is 0 Å². The molecule has 0 saturated heterocycles. The Kier molecular flexibility index (Phi) is 4.55. The third kappa shape index (κ3) is 3.71. The van der Waals surface area contributed by atoms with Crippen LogP contribution in [0.5, 0.6) is 5.75 Å². The zero-order valence-corrected chi connectivity index (χ0v) is 11.2. The quantitative estimate of drug-likeness (QED) is 0.644. The molecule has 104 valence electrons. The smallest absolute Gasteiger partial charge is 0.275 e. The van der Waals surface area contributed by atoms with Crippen LogP contribution in [0.15, 0.2) is 48.5 Å². The van der Waals surface area contributed by atoms with Crippen LogP contribution in [0.4, 0.5) is 11.4 Å². The molecule has 5 heteroatoms. The van der Waals surface area contributed by atoms with Gasteiger partial charge in [-0.3, -0.25) is 10.1 Å². The maximum Gasteiger partial charge on any atom is 0.275 e. The molecule has 0 unspecified atom stereocenters. The number of nitro groups is 1. The number of ether oxygens (including phenoxy) is 1. The Hall–Kier alpha value is -2.56. The van der Waals surface area contributed by atoms with E-state index in [2.05, 4.69) is 5.32 Å². The average Bonchev–Trinajstić information content (AvgIpc) is 2.46. The van der Waals surface area contributed by atoms with E-state index in [0.717, 1.165) is 5.56 Å². The van der Waals surface area contributed by atoms with Crippen LogP contribution in [0.25, 0.3) is 0 Å². The summed E-state index contributed by atoms with van der Waals surface area (Å²) in [4.78, 5) is 10.5. The molecule has 20 heavy (non-hydrogen) atoms. The summed E-state index contributed by atoms with van der Waals surface area (Å²) in [6.07, 6.45) is 0. The Bertz CT molecular complexity index is 585. The van der Waals surface area contributed by atoms with Crippen LogP contribution >= 0.6 is 0 Å². The lowest BCUT2D eigenvalue weighted by molar-refractivity contribution is -0.384. The van der Waals surface area contributed by atoms with Gasteiger partial charge in [0.15, 0.2) is 0 Å². The first-order chi connectivity index (χ1) is 9.69. The Morgan fingerprint density at radius 3 is 2.60 bits per heavy atom. The predicted molar refractivity (Wildman–Crippen MR) is 78.0 cm³/mol. The van der Waals surface area contributed by atoms with Crippen LogP contribution in [-0.2, 0) is 6.54 Å². The van der Waals surface area contributed by atoms with Crippen molar-refractivity contribution < 1.29 is 9.66 Å². The summed E-state index contributed by atoms with van der Waals surface area (Å²) in [5, 5.41) is 14.1. The van der Waals surface area contributed by atoms with Crippen molar-refractivity contribution in [1.29, 1.82) is 0 Å². The number of nitrogens with one attached hydrogen (secondary N) is 1. The van der Waals surface area contributed by atoms with E-state index in [-0.39, 0.29) is 5.69 Å². The minimum absolute atomic E-state index is 0.0199. The number of non-ortho nitro benzene ring substituents is 1. The first-order valence-electron chi connectivity index (χ1n) is 6.39. The summed E-state index contributed by atoms with van der Waals surface area (Å²) < 4.78 is 5.34. The van der Waals surface area contributed by atoms with Crippen molar-refractivity contribution in [3.63, 3.8) is 0 Å². The maximum absolute atomic E-state index is 10.9. The fraction of sp³-hybridized carbons (Fsp3) is 0.200. The highest BCUT2D eigenvalue weighted by atomic mass is 16.6. The van der Waals surface area contributed by atoms with E-state index in [4.69, 9.17) is 4.74 Å². The Morgan fingerprint density at radius 1 is 1.20 bits per heavy atom. The highest BCUT2D eigenvalue weighted by molar-refractivity contribution is 5.56. The minimum Gasteiger partial charge on any atom is -0.494 e. The molecule has 0 aliphatic carbocycles. The van der Waals surface area contributed by atoms with Crippen molar-refractivity contribution in [2.24, 2.45) is 0 Å². The zero-order chi connectivity index (χ0) is 14.4.